The van der Waals surface area contributed by atoms with Crippen molar-refractivity contribution in [2.75, 3.05) is 18.5 Å². The number of aliphatic hydroxyl groups excluding tert-OH is 1. The number of hydrogen-bond donors (Lipinski definition) is 4. The minimum absolute atomic E-state index is 0.0635. The van der Waals surface area contributed by atoms with E-state index < -0.39 is 30.5 Å². The molecule has 170 valence electrons. The normalized spacial score (nSPS) is 13.0. The predicted octanol–water partition coefficient (Wildman–Crippen LogP) is 2.00. The second kappa shape index (κ2) is 9.49. The molecule has 0 fully saturated rings. The lowest BCUT2D eigenvalue weighted by atomic mass is 9.98. The van der Waals surface area contributed by atoms with E-state index in [0.717, 1.165) is 22.3 Å². The SMILES string of the molecule is O=C(O)CC(O)CNC(=O)c1nonc1NC(=O)OCC1c2ccccc2-c2ccccc21. The summed E-state index contributed by atoms with van der Waals surface area (Å²) in [7, 11) is 0. The van der Waals surface area contributed by atoms with E-state index in [2.05, 4.69) is 25.6 Å². The molecule has 1 aromatic heterocycles. The summed E-state index contributed by atoms with van der Waals surface area (Å²) in [6, 6.07) is 15.8. The van der Waals surface area contributed by atoms with Gasteiger partial charge in [0.05, 0.1) is 12.5 Å². The number of carbonyl (C=O) groups excluding carboxylic acids is 2. The van der Waals surface area contributed by atoms with E-state index in [1.165, 1.54) is 0 Å². The highest BCUT2D eigenvalue weighted by Crippen LogP contribution is 2.44. The van der Waals surface area contributed by atoms with Crippen molar-refractivity contribution < 1.29 is 34.0 Å². The van der Waals surface area contributed by atoms with E-state index >= 15 is 0 Å². The largest absolute Gasteiger partial charge is 0.481 e. The van der Waals surface area contributed by atoms with Gasteiger partial charge in [-0.25, -0.2) is 9.42 Å². The van der Waals surface area contributed by atoms with Crippen molar-refractivity contribution in [3.63, 3.8) is 0 Å². The van der Waals surface area contributed by atoms with Gasteiger partial charge >= 0.3 is 12.1 Å². The molecule has 2 aromatic carbocycles. The lowest BCUT2D eigenvalue weighted by molar-refractivity contribution is -0.139. The fourth-order valence-electron chi connectivity index (χ4n) is 3.72. The maximum Gasteiger partial charge on any atom is 0.412 e. The average Bonchev–Trinajstić information content (AvgIpc) is 3.38. The monoisotopic (exact) mass is 452 g/mol. The zero-order chi connectivity index (χ0) is 23.4. The number of carboxylic acid groups (broad SMARTS) is 1. The molecule has 1 aliphatic carbocycles. The third kappa shape index (κ3) is 4.83. The fraction of sp³-hybridized carbons (Fsp3) is 0.227. The summed E-state index contributed by atoms with van der Waals surface area (Å²) in [5, 5.41) is 29.7. The minimum Gasteiger partial charge on any atom is -0.481 e. The van der Waals surface area contributed by atoms with Crippen LogP contribution in [-0.4, -0.2) is 57.8 Å². The van der Waals surface area contributed by atoms with Crippen molar-refractivity contribution in [3.8, 4) is 11.1 Å². The van der Waals surface area contributed by atoms with Gasteiger partial charge in [0.2, 0.25) is 11.5 Å². The van der Waals surface area contributed by atoms with E-state index in [0.29, 0.717) is 0 Å². The van der Waals surface area contributed by atoms with Gasteiger partial charge in [-0.3, -0.25) is 14.9 Å². The van der Waals surface area contributed by atoms with Crippen molar-refractivity contribution in [1.29, 1.82) is 0 Å². The number of benzene rings is 2. The van der Waals surface area contributed by atoms with Gasteiger partial charge in [0, 0.05) is 12.5 Å². The number of anilines is 1. The molecule has 1 aliphatic rings. The number of nitrogens with zero attached hydrogens (tertiary/aromatic N) is 2. The summed E-state index contributed by atoms with van der Waals surface area (Å²) in [5.41, 5.74) is 3.94. The molecular formula is C22H20N4O7. The molecule has 1 atom stereocenters. The first-order valence-electron chi connectivity index (χ1n) is 10.1. The molecule has 1 unspecified atom stereocenters. The third-order valence-electron chi connectivity index (χ3n) is 5.18. The van der Waals surface area contributed by atoms with Gasteiger partial charge in [-0.1, -0.05) is 48.5 Å². The molecule has 0 spiro atoms. The molecule has 0 radical (unpaired) electrons. The maximum absolute atomic E-state index is 12.4. The molecule has 3 aromatic rings. The first-order chi connectivity index (χ1) is 15.9. The van der Waals surface area contributed by atoms with E-state index in [4.69, 9.17) is 9.84 Å². The van der Waals surface area contributed by atoms with Crippen LogP contribution in [0.5, 0.6) is 0 Å². The number of aromatic nitrogens is 2. The Labute approximate surface area is 187 Å². The quantitative estimate of drug-likeness (QED) is 0.400. The molecular weight excluding hydrogens is 432 g/mol. The summed E-state index contributed by atoms with van der Waals surface area (Å²) in [4.78, 5) is 35.2. The minimum atomic E-state index is -1.29. The molecule has 0 saturated carbocycles. The van der Waals surface area contributed by atoms with Crippen LogP contribution in [0.15, 0.2) is 53.2 Å². The van der Waals surface area contributed by atoms with Crippen LogP contribution in [0.2, 0.25) is 0 Å². The van der Waals surface area contributed by atoms with Crippen LogP contribution in [0, 0.1) is 0 Å². The van der Waals surface area contributed by atoms with Crippen LogP contribution in [0.1, 0.15) is 34.0 Å². The van der Waals surface area contributed by atoms with Crippen LogP contribution in [0.4, 0.5) is 10.6 Å². The number of fused-ring (bicyclic) bond motifs is 3. The first kappa shape index (κ1) is 22.0. The molecule has 11 nitrogen and oxygen atoms in total. The number of ether oxygens (including phenoxy) is 1. The van der Waals surface area contributed by atoms with Gasteiger partial charge in [-0.2, -0.15) is 0 Å². The van der Waals surface area contributed by atoms with E-state index in [1.54, 1.807) is 0 Å². The van der Waals surface area contributed by atoms with Gasteiger partial charge in [0.25, 0.3) is 5.91 Å². The molecule has 33 heavy (non-hydrogen) atoms. The number of aliphatic carboxylic acids is 1. The molecule has 1 heterocycles. The molecule has 4 N–H and O–H groups in total. The highest BCUT2D eigenvalue weighted by atomic mass is 16.6. The number of carboxylic acids is 1. The fourth-order valence-corrected chi connectivity index (χ4v) is 3.72. The first-order valence-corrected chi connectivity index (χ1v) is 10.1. The number of rotatable bonds is 8. The van der Waals surface area contributed by atoms with Crippen LogP contribution in [0.3, 0.4) is 0 Å². The Hall–Kier alpha value is -4.25. The second-order valence-electron chi connectivity index (χ2n) is 7.37. The lowest BCUT2D eigenvalue weighted by Crippen LogP contribution is -2.34. The smallest absolute Gasteiger partial charge is 0.412 e. The highest BCUT2D eigenvalue weighted by Gasteiger charge is 2.29. The van der Waals surface area contributed by atoms with E-state index in [-0.39, 0.29) is 30.6 Å². The van der Waals surface area contributed by atoms with Crippen LogP contribution in [-0.2, 0) is 9.53 Å². The predicted molar refractivity (Wildman–Crippen MR) is 114 cm³/mol. The summed E-state index contributed by atoms with van der Waals surface area (Å²) >= 11 is 0. The Bertz CT molecular complexity index is 1150. The van der Waals surface area contributed by atoms with Gasteiger partial charge in [-0.15, -0.1) is 0 Å². The van der Waals surface area contributed by atoms with E-state index in [9.17, 15) is 19.5 Å². The van der Waals surface area contributed by atoms with Crippen molar-refractivity contribution in [3.05, 3.63) is 65.4 Å². The number of carbonyl (C=O) groups is 3. The van der Waals surface area contributed by atoms with Crippen molar-refractivity contribution in [1.82, 2.24) is 15.6 Å². The Kier molecular flexibility index (Phi) is 6.31. The van der Waals surface area contributed by atoms with Gasteiger partial charge in [0.1, 0.15) is 6.61 Å². The Morgan fingerprint density at radius 2 is 1.67 bits per heavy atom. The van der Waals surface area contributed by atoms with Crippen LogP contribution >= 0.6 is 0 Å². The van der Waals surface area contributed by atoms with Crippen molar-refractivity contribution in [2.24, 2.45) is 0 Å². The van der Waals surface area contributed by atoms with Gasteiger partial charge in [-0.05, 0) is 32.6 Å². The Morgan fingerprint density at radius 1 is 1.03 bits per heavy atom. The summed E-state index contributed by atoms with van der Waals surface area (Å²) in [6.07, 6.45) is -2.68. The Balaban J connectivity index is 1.37. The third-order valence-corrected chi connectivity index (χ3v) is 5.18. The summed E-state index contributed by atoms with van der Waals surface area (Å²) in [6.45, 7) is -0.267. The van der Waals surface area contributed by atoms with Gasteiger partial charge < -0.3 is 20.3 Å². The zero-order valence-corrected chi connectivity index (χ0v) is 17.2. The molecule has 11 heteroatoms. The second-order valence-corrected chi connectivity index (χ2v) is 7.37. The molecule has 0 saturated heterocycles. The number of amides is 2. The molecule has 0 bridgehead atoms. The topological polar surface area (TPSA) is 164 Å². The highest BCUT2D eigenvalue weighted by molar-refractivity contribution is 5.99. The lowest BCUT2D eigenvalue weighted by Gasteiger charge is -2.14. The summed E-state index contributed by atoms with van der Waals surface area (Å²) < 4.78 is 9.92. The number of nitrogens with one attached hydrogen (secondary N) is 2. The number of aliphatic hydroxyl groups is 1. The summed E-state index contributed by atoms with van der Waals surface area (Å²) in [5.74, 6) is -2.43. The van der Waals surface area contributed by atoms with E-state index in [1.807, 2.05) is 48.5 Å². The van der Waals surface area contributed by atoms with Gasteiger partial charge in [0.15, 0.2) is 0 Å². The Morgan fingerprint density at radius 3 is 2.30 bits per heavy atom. The molecule has 0 aliphatic heterocycles. The average molecular weight is 452 g/mol. The maximum atomic E-state index is 12.4. The van der Waals surface area contributed by atoms with Crippen molar-refractivity contribution in [2.45, 2.75) is 18.4 Å². The zero-order valence-electron chi connectivity index (χ0n) is 17.2. The molecule has 4 rings (SSSR count). The van der Waals surface area contributed by atoms with Crippen LogP contribution < -0.4 is 10.6 Å². The van der Waals surface area contributed by atoms with Crippen molar-refractivity contribution >= 4 is 23.8 Å². The standard InChI is InChI=1S/C22H20N4O7/c27-12(9-18(28)29)10-23-21(30)19-20(26-33-25-19)24-22(31)32-11-17-15-7-3-1-5-13(15)14-6-2-4-8-16(14)17/h1-8,12,17,27H,9-11H2,(H,23,30)(H,28,29)(H,24,26,31). The van der Waals surface area contributed by atoms with Crippen LogP contribution in [0.25, 0.3) is 11.1 Å². The number of hydrogen-bond acceptors (Lipinski definition) is 8. The molecule has 2 amide bonds.